The van der Waals surface area contributed by atoms with Gasteiger partial charge in [-0.2, -0.15) is 0 Å². The Kier molecular flexibility index (Phi) is 4.87. The number of rotatable bonds is 5. The molecule has 0 radical (unpaired) electrons. The maximum Gasteiger partial charge on any atom is 0.0438 e. The second kappa shape index (κ2) is 6.42. The van der Waals surface area contributed by atoms with Crippen LogP contribution >= 0.6 is 0 Å². The Balaban J connectivity index is 2.27. The van der Waals surface area contributed by atoms with Gasteiger partial charge in [-0.1, -0.05) is 45.4 Å². The largest absolute Gasteiger partial charge is 0.367 e. The maximum atomic E-state index is 6.10. The highest BCUT2D eigenvalue weighted by Gasteiger charge is 2.29. The second-order valence-corrected chi connectivity index (χ2v) is 6.16. The van der Waals surface area contributed by atoms with Gasteiger partial charge < -0.3 is 10.6 Å². The summed E-state index contributed by atoms with van der Waals surface area (Å²) in [6.07, 6.45) is 3.70. The van der Waals surface area contributed by atoms with Gasteiger partial charge in [-0.3, -0.25) is 0 Å². The Hall–Kier alpha value is -1.02. The molecule has 2 N–H and O–H groups in total. The van der Waals surface area contributed by atoms with E-state index in [0.29, 0.717) is 12.0 Å². The molecule has 1 heterocycles. The average molecular weight is 260 g/mol. The van der Waals surface area contributed by atoms with Gasteiger partial charge in [-0.05, 0) is 36.3 Å². The van der Waals surface area contributed by atoms with Crippen molar-refractivity contribution in [3.05, 3.63) is 29.8 Å². The van der Waals surface area contributed by atoms with Crippen LogP contribution in [0, 0.1) is 11.8 Å². The molecule has 2 nitrogen and oxygen atoms in total. The highest BCUT2D eigenvalue weighted by atomic mass is 15.2. The first-order valence-electron chi connectivity index (χ1n) is 7.72. The van der Waals surface area contributed by atoms with E-state index < -0.39 is 0 Å². The van der Waals surface area contributed by atoms with Gasteiger partial charge in [0.05, 0.1) is 0 Å². The monoisotopic (exact) mass is 260 g/mol. The summed E-state index contributed by atoms with van der Waals surface area (Å²) in [4.78, 5) is 2.57. The van der Waals surface area contributed by atoms with Gasteiger partial charge in [0.1, 0.15) is 0 Å². The van der Waals surface area contributed by atoms with Gasteiger partial charge in [0.15, 0.2) is 0 Å². The predicted octanol–water partition coefficient (Wildman–Crippen LogP) is 3.45. The Bertz CT molecular complexity index is 402. The molecule has 3 unspecified atom stereocenters. The van der Waals surface area contributed by atoms with E-state index in [1.807, 2.05) is 0 Å². The quantitative estimate of drug-likeness (QED) is 0.878. The van der Waals surface area contributed by atoms with Gasteiger partial charge in [-0.15, -0.1) is 0 Å². The standard InChI is InChI=1S/C17H28N2/c1-4-7-14(3)17(11-18)19-12-13(2)10-15-8-5-6-9-16(15)19/h5-6,8-9,13-14,17H,4,7,10-12,18H2,1-3H3. The molecule has 1 aromatic rings. The zero-order valence-corrected chi connectivity index (χ0v) is 12.6. The fourth-order valence-electron chi connectivity index (χ4n) is 3.47. The van der Waals surface area contributed by atoms with E-state index in [1.54, 1.807) is 0 Å². The van der Waals surface area contributed by atoms with Crippen LogP contribution in [0.4, 0.5) is 5.69 Å². The van der Waals surface area contributed by atoms with E-state index in [1.165, 1.54) is 30.5 Å². The van der Waals surface area contributed by atoms with Crippen molar-refractivity contribution in [2.75, 3.05) is 18.0 Å². The molecule has 0 aliphatic carbocycles. The van der Waals surface area contributed by atoms with Crippen LogP contribution in [0.25, 0.3) is 0 Å². The molecule has 1 aliphatic heterocycles. The van der Waals surface area contributed by atoms with E-state index in [-0.39, 0.29) is 0 Å². The third-order valence-electron chi connectivity index (χ3n) is 4.42. The number of nitrogens with zero attached hydrogens (tertiary/aromatic N) is 1. The summed E-state index contributed by atoms with van der Waals surface area (Å²) in [5, 5.41) is 0. The highest BCUT2D eigenvalue weighted by Crippen LogP contribution is 2.33. The SMILES string of the molecule is CCCC(C)C(CN)N1CC(C)Cc2ccccc21. The normalized spacial score (nSPS) is 21.9. The first kappa shape index (κ1) is 14.4. The lowest BCUT2D eigenvalue weighted by Gasteiger charge is -2.42. The van der Waals surface area contributed by atoms with E-state index in [2.05, 4.69) is 49.9 Å². The highest BCUT2D eigenvalue weighted by molar-refractivity contribution is 5.56. The summed E-state index contributed by atoms with van der Waals surface area (Å²) in [6, 6.07) is 9.32. The maximum absolute atomic E-state index is 6.10. The summed E-state index contributed by atoms with van der Waals surface area (Å²) in [5.41, 5.74) is 9.00. The Labute approximate surface area is 118 Å². The van der Waals surface area contributed by atoms with Crippen LogP contribution in [0.5, 0.6) is 0 Å². The van der Waals surface area contributed by atoms with Crippen LogP contribution in [0.1, 0.15) is 39.2 Å². The predicted molar refractivity (Wildman–Crippen MR) is 83.6 cm³/mol. The second-order valence-electron chi connectivity index (χ2n) is 6.16. The topological polar surface area (TPSA) is 29.3 Å². The summed E-state index contributed by atoms with van der Waals surface area (Å²) in [6.45, 7) is 8.86. The van der Waals surface area contributed by atoms with Crippen molar-refractivity contribution in [2.24, 2.45) is 17.6 Å². The van der Waals surface area contributed by atoms with Crippen LogP contribution in [0.2, 0.25) is 0 Å². The van der Waals surface area contributed by atoms with E-state index in [4.69, 9.17) is 5.73 Å². The van der Waals surface area contributed by atoms with Crippen molar-refractivity contribution in [3.63, 3.8) is 0 Å². The van der Waals surface area contributed by atoms with Crippen molar-refractivity contribution in [3.8, 4) is 0 Å². The van der Waals surface area contributed by atoms with Crippen LogP contribution < -0.4 is 10.6 Å². The van der Waals surface area contributed by atoms with Crippen LogP contribution in [0.3, 0.4) is 0 Å². The lowest BCUT2D eigenvalue weighted by Crippen LogP contribution is -2.49. The van der Waals surface area contributed by atoms with Gasteiger partial charge >= 0.3 is 0 Å². The molecular formula is C17H28N2. The van der Waals surface area contributed by atoms with Crippen molar-refractivity contribution >= 4 is 5.69 Å². The van der Waals surface area contributed by atoms with E-state index >= 15 is 0 Å². The van der Waals surface area contributed by atoms with E-state index in [0.717, 1.165) is 19.0 Å². The van der Waals surface area contributed by atoms with Gasteiger partial charge in [0, 0.05) is 24.8 Å². The summed E-state index contributed by atoms with van der Waals surface area (Å²) in [7, 11) is 0. The Morgan fingerprint density at radius 2 is 2.11 bits per heavy atom. The van der Waals surface area contributed by atoms with Crippen LogP contribution in [-0.2, 0) is 6.42 Å². The fraction of sp³-hybridized carbons (Fsp3) is 0.647. The lowest BCUT2D eigenvalue weighted by atomic mass is 9.88. The summed E-state index contributed by atoms with van der Waals surface area (Å²) in [5.74, 6) is 1.38. The number of para-hydroxylation sites is 1. The number of hydrogen-bond donors (Lipinski definition) is 1. The smallest absolute Gasteiger partial charge is 0.0438 e. The van der Waals surface area contributed by atoms with Crippen LogP contribution in [-0.4, -0.2) is 19.1 Å². The van der Waals surface area contributed by atoms with Crippen molar-refractivity contribution in [1.29, 1.82) is 0 Å². The molecular weight excluding hydrogens is 232 g/mol. The molecule has 106 valence electrons. The molecule has 0 saturated heterocycles. The van der Waals surface area contributed by atoms with Crippen LogP contribution in [0.15, 0.2) is 24.3 Å². The van der Waals surface area contributed by atoms with Crippen molar-refractivity contribution < 1.29 is 0 Å². The lowest BCUT2D eigenvalue weighted by molar-refractivity contribution is 0.375. The third-order valence-corrected chi connectivity index (χ3v) is 4.42. The molecule has 1 aromatic carbocycles. The number of nitrogens with two attached hydrogens (primary N) is 1. The van der Waals surface area contributed by atoms with Gasteiger partial charge in [-0.25, -0.2) is 0 Å². The first-order valence-corrected chi connectivity index (χ1v) is 7.72. The molecule has 19 heavy (non-hydrogen) atoms. The molecule has 2 rings (SSSR count). The molecule has 2 heteroatoms. The molecule has 0 bridgehead atoms. The van der Waals surface area contributed by atoms with Gasteiger partial charge in [0.25, 0.3) is 0 Å². The van der Waals surface area contributed by atoms with Crippen molar-refractivity contribution in [1.82, 2.24) is 0 Å². The third kappa shape index (κ3) is 3.11. The Morgan fingerprint density at radius 1 is 1.37 bits per heavy atom. The Morgan fingerprint density at radius 3 is 2.79 bits per heavy atom. The molecule has 0 spiro atoms. The van der Waals surface area contributed by atoms with Gasteiger partial charge in [0.2, 0.25) is 0 Å². The molecule has 3 atom stereocenters. The molecule has 1 aliphatic rings. The minimum Gasteiger partial charge on any atom is -0.367 e. The summed E-state index contributed by atoms with van der Waals surface area (Å²) >= 11 is 0. The molecule has 0 amide bonds. The number of hydrogen-bond acceptors (Lipinski definition) is 2. The minimum atomic E-state index is 0.476. The number of anilines is 1. The minimum absolute atomic E-state index is 0.476. The first-order chi connectivity index (χ1) is 9.17. The molecule has 0 saturated carbocycles. The molecule has 0 fully saturated rings. The van der Waals surface area contributed by atoms with Crippen molar-refractivity contribution in [2.45, 2.75) is 46.1 Å². The average Bonchev–Trinajstić information content (AvgIpc) is 2.39. The van der Waals surface area contributed by atoms with E-state index in [9.17, 15) is 0 Å². The zero-order chi connectivity index (χ0) is 13.8. The number of fused-ring (bicyclic) bond motifs is 1. The molecule has 0 aromatic heterocycles. The fourth-order valence-corrected chi connectivity index (χ4v) is 3.47. The zero-order valence-electron chi connectivity index (χ0n) is 12.6. The summed E-state index contributed by atoms with van der Waals surface area (Å²) < 4.78 is 0. The number of benzene rings is 1.